The molecule has 1 aromatic rings. The minimum atomic E-state index is 0.500. The van der Waals surface area contributed by atoms with Crippen LogP contribution in [0.1, 0.15) is 37.4 Å². The van der Waals surface area contributed by atoms with Crippen LogP contribution in [0.5, 0.6) is 0 Å². The van der Waals surface area contributed by atoms with Gasteiger partial charge in [0.1, 0.15) is 5.01 Å². The molecule has 0 aliphatic heterocycles. The van der Waals surface area contributed by atoms with Crippen LogP contribution in [0.3, 0.4) is 0 Å². The maximum absolute atomic E-state index is 5.79. The molecule has 0 aliphatic rings. The number of hydrogen-bond donors (Lipinski definition) is 0. The van der Waals surface area contributed by atoms with Crippen molar-refractivity contribution in [2.24, 2.45) is 0 Å². The van der Waals surface area contributed by atoms with Crippen LogP contribution in [0.25, 0.3) is 0 Å². The first-order valence-corrected chi connectivity index (χ1v) is 7.88. The van der Waals surface area contributed by atoms with Gasteiger partial charge in [0.15, 0.2) is 0 Å². The molecular weight excluding hydrogens is 268 g/mol. The predicted octanol–water partition coefficient (Wildman–Crippen LogP) is 3.52. The second kappa shape index (κ2) is 8.86. The number of methoxy groups -OCH3 is 1. The Bertz CT molecular complexity index is 329. The summed E-state index contributed by atoms with van der Waals surface area (Å²) < 4.78 is 5.20. The van der Waals surface area contributed by atoms with E-state index >= 15 is 0 Å². The molecule has 0 saturated heterocycles. The zero-order chi connectivity index (χ0) is 13.4. The van der Waals surface area contributed by atoms with E-state index in [2.05, 4.69) is 23.7 Å². The maximum Gasteiger partial charge on any atom is 0.107 e. The van der Waals surface area contributed by atoms with Gasteiger partial charge in [-0.1, -0.05) is 13.8 Å². The SMILES string of the molecule is CCC(CC)N(CCOC)Cc1nc(CCl)cs1. The Balaban J connectivity index is 2.64. The topological polar surface area (TPSA) is 25.4 Å². The van der Waals surface area contributed by atoms with Crippen LogP contribution in [0.4, 0.5) is 0 Å². The van der Waals surface area contributed by atoms with Crippen LogP contribution in [0.2, 0.25) is 0 Å². The third kappa shape index (κ3) is 4.84. The van der Waals surface area contributed by atoms with E-state index in [1.165, 1.54) is 0 Å². The molecule has 1 rings (SSSR count). The fourth-order valence-corrected chi connectivity index (χ4v) is 3.11. The Kier molecular flexibility index (Phi) is 7.82. The maximum atomic E-state index is 5.79. The van der Waals surface area contributed by atoms with Gasteiger partial charge in [0.25, 0.3) is 0 Å². The molecule has 3 nitrogen and oxygen atoms in total. The Morgan fingerprint density at radius 2 is 2.17 bits per heavy atom. The van der Waals surface area contributed by atoms with E-state index in [1.807, 2.05) is 5.38 Å². The fourth-order valence-electron chi connectivity index (χ4n) is 2.06. The number of ether oxygens (including phenoxy) is 1. The minimum Gasteiger partial charge on any atom is -0.383 e. The number of halogens is 1. The molecule has 0 N–H and O–H groups in total. The van der Waals surface area contributed by atoms with E-state index in [0.717, 1.165) is 43.2 Å². The number of aromatic nitrogens is 1. The third-order valence-corrected chi connectivity index (χ3v) is 4.27. The quantitative estimate of drug-likeness (QED) is 0.651. The first-order chi connectivity index (χ1) is 8.74. The molecule has 0 saturated carbocycles. The van der Waals surface area contributed by atoms with Crippen LogP contribution in [0, 0.1) is 0 Å². The summed E-state index contributed by atoms with van der Waals surface area (Å²) in [6.07, 6.45) is 2.32. The number of nitrogens with zero attached hydrogens (tertiary/aromatic N) is 2. The Morgan fingerprint density at radius 3 is 2.67 bits per heavy atom. The van der Waals surface area contributed by atoms with Crippen molar-refractivity contribution in [1.82, 2.24) is 9.88 Å². The lowest BCUT2D eigenvalue weighted by molar-refractivity contribution is 0.110. The van der Waals surface area contributed by atoms with Crippen molar-refractivity contribution in [1.29, 1.82) is 0 Å². The summed E-state index contributed by atoms with van der Waals surface area (Å²) in [4.78, 5) is 6.99. The van der Waals surface area contributed by atoms with Gasteiger partial charge in [-0.2, -0.15) is 0 Å². The molecule has 18 heavy (non-hydrogen) atoms. The first-order valence-electron chi connectivity index (χ1n) is 6.47. The molecule has 1 heterocycles. The number of rotatable bonds is 9. The van der Waals surface area contributed by atoms with Crippen molar-refractivity contribution >= 4 is 22.9 Å². The van der Waals surface area contributed by atoms with Gasteiger partial charge in [0, 0.05) is 25.1 Å². The van der Waals surface area contributed by atoms with Crippen molar-refractivity contribution in [2.45, 2.75) is 45.2 Å². The van der Waals surface area contributed by atoms with Gasteiger partial charge in [-0.05, 0) is 12.8 Å². The Morgan fingerprint density at radius 1 is 1.44 bits per heavy atom. The Hall–Kier alpha value is -0.160. The lowest BCUT2D eigenvalue weighted by atomic mass is 10.1. The summed E-state index contributed by atoms with van der Waals surface area (Å²) in [6.45, 7) is 7.10. The highest BCUT2D eigenvalue weighted by Gasteiger charge is 2.16. The highest BCUT2D eigenvalue weighted by Crippen LogP contribution is 2.17. The lowest BCUT2D eigenvalue weighted by Crippen LogP contribution is -2.36. The highest BCUT2D eigenvalue weighted by molar-refractivity contribution is 7.09. The molecule has 1 aromatic heterocycles. The number of hydrogen-bond acceptors (Lipinski definition) is 4. The lowest BCUT2D eigenvalue weighted by Gasteiger charge is -2.29. The van der Waals surface area contributed by atoms with Gasteiger partial charge in [-0.15, -0.1) is 22.9 Å². The summed E-state index contributed by atoms with van der Waals surface area (Å²) in [5.41, 5.74) is 0.980. The van der Waals surface area contributed by atoms with E-state index in [9.17, 15) is 0 Å². The van der Waals surface area contributed by atoms with Crippen LogP contribution < -0.4 is 0 Å². The van der Waals surface area contributed by atoms with Crippen molar-refractivity contribution in [3.8, 4) is 0 Å². The summed E-state index contributed by atoms with van der Waals surface area (Å²) in [6, 6.07) is 0.600. The molecule has 0 aromatic carbocycles. The van der Waals surface area contributed by atoms with Crippen molar-refractivity contribution in [3.05, 3.63) is 16.1 Å². The first kappa shape index (κ1) is 15.9. The molecule has 0 aliphatic carbocycles. The van der Waals surface area contributed by atoms with Gasteiger partial charge in [0.2, 0.25) is 0 Å². The molecule has 0 radical (unpaired) electrons. The summed E-state index contributed by atoms with van der Waals surface area (Å²) in [5, 5.41) is 3.19. The highest BCUT2D eigenvalue weighted by atomic mass is 35.5. The smallest absolute Gasteiger partial charge is 0.107 e. The molecule has 0 atom stereocenters. The third-order valence-electron chi connectivity index (χ3n) is 3.12. The average Bonchev–Trinajstić information content (AvgIpc) is 2.84. The normalized spacial score (nSPS) is 11.7. The summed E-state index contributed by atoms with van der Waals surface area (Å²) in [7, 11) is 1.75. The molecule has 0 spiro atoms. The van der Waals surface area contributed by atoms with Gasteiger partial charge in [-0.25, -0.2) is 4.98 Å². The molecule has 104 valence electrons. The molecule has 5 heteroatoms. The van der Waals surface area contributed by atoms with E-state index < -0.39 is 0 Å². The van der Waals surface area contributed by atoms with E-state index in [4.69, 9.17) is 16.3 Å². The fraction of sp³-hybridized carbons (Fsp3) is 0.769. The van der Waals surface area contributed by atoms with Crippen LogP contribution in [-0.2, 0) is 17.2 Å². The van der Waals surface area contributed by atoms with Crippen LogP contribution >= 0.6 is 22.9 Å². The molecule has 0 bridgehead atoms. The van der Waals surface area contributed by atoms with Crippen molar-refractivity contribution in [3.63, 3.8) is 0 Å². The monoisotopic (exact) mass is 290 g/mol. The molecule has 0 unspecified atom stereocenters. The van der Waals surface area contributed by atoms with Crippen molar-refractivity contribution in [2.75, 3.05) is 20.3 Å². The predicted molar refractivity (Wildman–Crippen MR) is 78.3 cm³/mol. The van der Waals surface area contributed by atoms with Gasteiger partial charge >= 0.3 is 0 Å². The molecule has 0 fully saturated rings. The van der Waals surface area contributed by atoms with Crippen LogP contribution in [0.15, 0.2) is 5.38 Å². The van der Waals surface area contributed by atoms with Gasteiger partial charge in [0.05, 0.1) is 24.7 Å². The van der Waals surface area contributed by atoms with Crippen molar-refractivity contribution < 1.29 is 4.74 Å². The minimum absolute atomic E-state index is 0.500. The number of alkyl halides is 1. The zero-order valence-corrected chi connectivity index (χ0v) is 13.1. The molecule has 0 amide bonds. The van der Waals surface area contributed by atoms with Crippen LogP contribution in [-0.4, -0.2) is 36.2 Å². The number of thiazole rings is 1. The van der Waals surface area contributed by atoms with E-state index in [-0.39, 0.29) is 0 Å². The largest absolute Gasteiger partial charge is 0.383 e. The zero-order valence-electron chi connectivity index (χ0n) is 11.5. The van der Waals surface area contributed by atoms with E-state index in [1.54, 1.807) is 18.4 Å². The summed E-state index contributed by atoms with van der Waals surface area (Å²) >= 11 is 7.48. The van der Waals surface area contributed by atoms with E-state index in [0.29, 0.717) is 11.9 Å². The van der Waals surface area contributed by atoms with Gasteiger partial charge in [-0.3, -0.25) is 4.90 Å². The summed E-state index contributed by atoms with van der Waals surface area (Å²) in [5.74, 6) is 0.500. The Labute approximate surface area is 119 Å². The average molecular weight is 291 g/mol. The molecular formula is C13H23ClN2OS. The van der Waals surface area contributed by atoms with Gasteiger partial charge < -0.3 is 4.74 Å². The second-order valence-electron chi connectivity index (χ2n) is 4.30. The second-order valence-corrected chi connectivity index (χ2v) is 5.51. The standard InChI is InChI=1S/C13H23ClN2OS/c1-4-12(5-2)16(6-7-17-3)9-13-15-11(8-14)10-18-13/h10,12H,4-9H2,1-3H3.